The van der Waals surface area contributed by atoms with Crippen molar-refractivity contribution in [1.29, 1.82) is 0 Å². The molecule has 2 atom stereocenters. The zero-order valence-corrected chi connectivity index (χ0v) is 12.6. The lowest BCUT2D eigenvalue weighted by atomic mass is 10.2. The predicted molar refractivity (Wildman–Crippen MR) is 78.3 cm³/mol. The number of ether oxygens (including phenoxy) is 1. The first-order valence-corrected chi connectivity index (χ1v) is 7.07. The van der Waals surface area contributed by atoms with Crippen molar-refractivity contribution in [3.63, 3.8) is 0 Å². The molecule has 1 saturated heterocycles. The molecule has 1 amide bonds. The molecule has 0 saturated carbocycles. The third kappa shape index (κ3) is 3.58. The molecule has 1 heterocycles. The van der Waals surface area contributed by atoms with Crippen LogP contribution in [0, 0.1) is 3.57 Å². The molecule has 5 nitrogen and oxygen atoms in total. The minimum absolute atomic E-state index is 0.341. The molecule has 1 fully saturated rings. The van der Waals surface area contributed by atoms with Gasteiger partial charge in [0, 0.05) is 3.57 Å². The lowest BCUT2D eigenvalue weighted by Gasteiger charge is -2.12. The summed E-state index contributed by atoms with van der Waals surface area (Å²) in [5, 5.41) is 11.9. The quantitative estimate of drug-likeness (QED) is 0.771. The van der Waals surface area contributed by atoms with Gasteiger partial charge in [-0.05, 0) is 53.6 Å². The van der Waals surface area contributed by atoms with E-state index in [9.17, 15) is 9.59 Å². The number of carboxylic acid groups (broad SMARTS) is 1. The largest absolute Gasteiger partial charge is 0.479 e. The van der Waals surface area contributed by atoms with E-state index in [2.05, 4.69) is 27.9 Å². The maximum atomic E-state index is 11.9. The second-order valence-electron chi connectivity index (χ2n) is 4.14. The Labute approximate surface area is 128 Å². The third-order valence-electron chi connectivity index (χ3n) is 2.78. The van der Waals surface area contributed by atoms with Crippen LogP contribution >= 0.6 is 34.2 Å². The molecule has 1 aliphatic rings. The first-order valence-electron chi connectivity index (χ1n) is 5.61. The lowest BCUT2D eigenvalue weighted by molar-refractivity contribution is -0.150. The van der Waals surface area contributed by atoms with E-state index in [1.807, 2.05) is 6.07 Å². The normalized spacial score (nSPS) is 22.2. The molecule has 0 aliphatic carbocycles. The summed E-state index contributed by atoms with van der Waals surface area (Å²) in [4.78, 5) is 22.7. The fraction of sp³-hybridized carbons (Fsp3) is 0.333. The Morgan fingerprint density at radius 1 is 1.37 bits per heavy atom. The van der Waals surface area contributed by atoms with Crippen LogP contribution in [-0.2, 0) is 14.3 Å². The molecule has 2 rings (SSSR count). The number of carbonyl (C=O) groups excluding carboxylic acids is 1. The Hall–Kier alpha value is -0.860. The SMILES string of the molecule is O=C(Nc1ccc(I)cc1Cl)[C@@H]1CC[C@H](C(=O)O)O1. The first-order chi connectivity index (χ1) is 8.97. The van der Waals surface area contributed by atoms with Crippen molar-refractivity contribution in [1.82, 2.24) is 0 Å². The van der Waals surface area contributed by atoms with E-state index in [4.69, 9.17) is 21.4 Å². The smallest absolute Gasteiger partial charge is 0.332 e. The fourth-order valence-electron chi connectivity index (χ4n) is 1.82. The molecule has 7 heteroatoms. The molecule has 1 aromatic carbocycles. The Kier molecular flexibility index (Phi) is 4.64. The second-order valence-corrected chi connectivity index (χ2v) is 5.80. The van der Waals surface area contributed by atoms with Gasteiger partial charge in [0.2, 0.25) is 0 Å². The van der Waals surface area contributed by atoms with Gasteiger partial charge in [-0.25, -0.2) is 4.79 Å². The van der Waals surface area contributed by atoms with Gasteiger partial charge >= 0.3 is 5.97 Å². The topological polar surface area (TPSA) is 75.6 Å². The zero-order valence-electron chi connectivity index (χ0n) is 9.73. The van der Waals surface area contributed by atoms with Crippen LogP contribution in [0.5, 0.6) is 0 Å². The maximum absolute atomic E-state index is 11.9. The van der Waals surface area contributed by atoms with E-state index < -0.39 is 18.2 Å². The third-order valence-corrected chi connectivity index (χ3v) is 3.76. The number of aliphatic carboxylic acids is 1. The Bertz CT molecular complexity index is 522. The highest BCUT2D eigenvalue weighted by Crippen LogP contribution is 2.26. The first kappa shape index (κ1) is 14.5. The van der Waals surface area contributed by atoms with Crippen molar-refractivity contribution in [3.05, 3.63) is 26.8 Å². The van der Waals surface area contributed by atoms with Crippen molar-refractivity contribution in [2.75, 3.05) is 5.32 Å². The molecule has 2 N–H and O–H groups in total. The van der Waals surface area contributed by atoms with Crippen molar-refractivity contribution in [2.24, 2.45) is 0 Å². The van der Waals surface area contributed by atoms with Crippen LogP contribution in [-0.4, -0.2) is 29.2 Å². The highest BCUT2D eigenvalue weighted by atomic mass is 127. The Morgan fingerprint density at radius 2 is 2.05 bits per heavy atom. The number of amides is 1. The van der Waals surface area contributed by atoms with Crippen molar-refractivity contribution in [3.8, 4) is 0 Å². The molecular weight excluding hydrogens is 384 g/mol. The standard InChI is InChI=1S/C12H11ClINO4/c13-7-5-6(14)1-2-8(7)15-11(16)9-3-4-10(19-9)12(17)18/h1-2,5,9-10H,3-4H2,(H,15,16)(H,17,18)/t9-,10+/m0/s1. The fourth-order valence-corrected chi connectivity index (χ4v) is 2.72. The monoisotopic (exact) mass is 395 g/mol. The average molecular weight is 396 g/mol. The number of hydrogen-bond acceptors (Lipinski definition) is 3. The number of carbonyl (C=O) groups is 2. The van der Waals surface area contributed by atoms with E-state index in [1.54, 1.807) is 12.1 Å². The number of nitrogens with one attached hydrogen (secondary N) is 1. The molecule has 0 radical (unpaired) electrons. The van der Waals surface area contributed by atoms with Gasteiger partial charge in [0.15, 0.2) is 6.10 Å². The van der Waals surface area contributed by atoms with Gasteiger partial charge in [-0.2, -0.15) is 0 Å². The number of anilines is 1. The Balaban J connectivity index is 2.00. The van der Waals surface area contributed by atoms with Gasteiger partial charge in [-0.15, -0.1) is 0 Å². The summed E-state index contributed by atoms with van der Waals surface area (Å²) in [7, 11) is 0. The second kappa shape index (κ2) is 6.06. The molecule has 0 bridgehead atoms. The lowest BCUT2D eigenvalue weighted by Crippen LogP contribution is -2.30. The molecule has 19 heavy (non-hydrogen) atoms. The number of hydrogen-bond donors (Lipinski definition) is 2. The zero-order chi connectivity index (χ0) is 14.0. The van der Waals surface area contributed by atoms with Gasteiger partial charge < -0.3 is 15.2 Å². The van der Waals surface area contributed by atoms with Crippen LogP contribution in [0.2, 0.25) is 5.02 Å². The van der Waals surface area contributed by atoms with Crippen LogP contribution in [0.25, 0.3) is 0 Å². The van der Waals surface area contributed by atoms with Crippen LogP contribution in [0.4, 0.5) is 5.69 Å². The molecule has 1 aromatic rings. The maximum Gasteiger partial charge on any atom is 0.332 e. The van der Waals surface area contributed by atoms with E-state index >= 15 is 0 Å². The van der Waals surface area contributed by atoms with Gasteiger partial charge in [-0.3, -0.25) is 4.79 Å². The molecular formula is C12H11ClINO4. The summed E-state index contributed by atoms with van der Waals surface area (Å²) in [6.45, 7) is 0. The minimum atomic E-state index is -1.04. The number of halogens is 2. The van der Waals surface area contributed by atoms with Crippen LogP contribution in [0.1, 0.15) is 12.8 Å². The predicted octanol–water partition coefficient (Wildman–Crippen LogP) is 2.52. The van der Waals surface area contributed by atoms with Gasteiger partial charge in [0.25, 0.3) is 5.91 Å². The molecule has 102 valence electrons. The van der Waals surface area contributed by atoms with Crippen molar-refractivity contribution in [2.45, 2.75) is 25.0 Å². The average Bonchev–Trinajstić information content (AvgIpc) is 2.82. The van der Waals surface area contributed by atoms with Crippen LogP contribution in [0.3, 0.4) is 0 Å². The molecule has 0 spiro atoms. The van der Waals surface area contributed by atoms with E-state index in [0.717, 1.165) is 3.57 Å². The van der Waals surface area contributed by atoms with Crippen molar-refractivity contribution >= 4 is 51.8 Å². The van der Waals surface area contributed by atoms with E-state index in [0.29, 0.717) is 23.6 Å². The van der Waals surface area contributed by atoms with Gasteiger partial charge in [0.05, 0.1) is 10.7 Å². The summed E-state index contributed by atoms with van der Waals surface area (Å²) < 4.78 is 6.13. The molecule has 0 unspecified atom stereocenters. The summed E-state index contributed by atoms with van der Waals surface area (Å²) in [6.07, 6.45) is -0.905. The number of carboxylic acids is 1. The minimum Gasteiger partial charge on any atom is -0.479 e. The van der Waals surface area contributed by atoms with Crippen LogP contribution in [0.15, 0.2) is 18.2 Å². The summed E-state index contributed by atoms with van der Waals surface area (Å²) >= 11 is 8.12. The van der Waals surface area contributed by atoms with Gasteiger partial charge in [-0.1, -0.05) is 11.6 Å². The highest BCUT2D eigenvalue weighted by molar-refractivity contribution is 14.1. The highest BCUT2D eigenvalue weighted by Gasteiger charge is 2.34. The van der Waals surface area contributed by atoms with E-state index in [1.165, 1.54) is 0 Å². The summed E-state index contributed by atoms with van der Waals surface area (Å²) in [5.74, 6) is -1.41. The van der Waals surface area contributed by atoms with Gasteiger partial charge in [0.1, 0.15) is 6.10 Å². The summed E-state index contributed by atoms with van der Waals surface area (Å²) in [5.41, 5.74) is 0.495. The number of rotatable bonds is 3. The Morgan fingerprint density at radius 3 is 2.63 bits per heavy atom. The summed E-state index contributed by atoms with van der Waals surface area (Å²) in [6, 6.07) is 5.25. The number of benzene rings is 1. The molecule has 0 aromatic heterocycles. The molecule has 1 aliphatic heterocycles. The van der Waals surface area contributed by atoms with Crippen molar-refractivity contribution < 1.29 is 19.4 Å². The van der Waals surface area contributed by atoms with Crippen LogP contribution < -0.4 is 5.32 Å². The van der Waals surface area contributed by atoms with E-state index in [-0.39, 0.29) is 5.91 Å².